The first kappa shape index (κ1) is 7.32. The molecule has 1 aliphatic heterocycles. The Labute approximate surface area is 67.2 Å². The Morgan fingerprint density at radius 2 is 1.82 bits per heavy atom. The van der Waals surface area contributed by atoms with Crippen molar-refractivity contribution in [2.75, 3.05) is 13.2 Å². The van der Waals surface area contributed by atoms with E-state index in [1.54, 1.807) is 0 Å². The van der Waals surface area contributed by atoms with Crippen LogP contribution in [0.3, 0.4) is 0 Å². The molecule has 11 heavy (non-hydrogen) atoms. The average Bonchev–Trinajstić information content (AvgIpc) is 2.74. The van der Waals surface area contributed by atoms with E-state index in [1.165, 1.54) is 24.0 Å². The van der Waals surface area contributed by atoms with Crippen LogP contribution < -0.4 is 0 Å². The summed E-state index contributed by atoms with van der Waals surface area (Å²) in [6, 6.07) is 0. The maximum Gasteiger partial charge on any atom is 0.188 e. The van der Waals surface area contributed by atoms with Crippen molar-refractivity contribution in [3.8, 4) is 0 Å². The molecule has 0 bridgehead atoms. The molecule has 0 aromatic carbocycles. The summed E-state index contributed by atoms with van der Waals surface area (Å²) in [5.74, 6) is -0.383. The maximum absolute atomic E-state index is 5.52. The van der Waals surface area contributed by atoms with Crippen LogP contribution in [0.1, 0.15) is 26.7 Å². The first-order valence-electron chi connectivity index (χ1n) is 4.19. The lowest BCUT2D eigenvalue weighted by Crippen LogP contribution is -2.26. The van der Waals surface area contributed by atoms with Gasteiger partial charge in [0.1, 0.15) is 0 Å². The van der Waals surface area contributed by atoms with Gasteiger partial charge in [0.15, 0.2) is 5.79 Å². The molecule has 0 radical (unpaired) electrons. The van der Waals surface area contributed by atoms with Gasteiger partial charge in [-0.3, -0.25) is 0 Å². The van der Waals surface area contributed by atoms with E-state index in [9.17, 15) is 0 Å². The summed E-state index contributed by atoms with van der Waals surface area (Å²) >= 11 is 0. The number of hydrogen-bond donors (Lipinski definition) is 0. The van der Waals surface area contributed by atoms with Crippen LogP contribution in [0, 0.1) is 0 Å². The summed E-state index contributed by atoms with van der Waals surface area (Å²) in [6.07, 6.45) is 2.49. The van der Waals surface area contributed by atoms with Crippen molar-refractivity contribution in [3.63, 3.8) is 0 Å². The highest BCUT2D eigenvalue weighted by atomic mass is 16.7. The van der Waals surface area contributed by atoms with Gasteiger partial charge >= 0.3 is 0 Å². The summed E-state index contributed by atoms with van der Waals surface area (Å²) < 4.78 is 11.0. The Kier molecular flexibility index (Phi) is 1.55. The minimum absolute atomic E-state index is 0.383. The second-order valence-electron chi connectivity index (χ2n) is 3.37. The van der Waals surface area contributed by atoms with Crippen molar-refractivity contribution in [1.82, 2.24) is 0 Å². The van der Waals surface area contributed by atoms with E-state index < -0.39 is 0 Å². The highest BCUT2D eigenvalue weighted by molar-refractivity contribution is 5.28. The Balaban J connectivity index is 2.18. The van der Waals surface area contributed by atoms with Crippen LogP contribution in [0.15, 0.2) is 11.1 Å². The van der Waals surface area contributed by atoms with E-state index in [0.29, 0.717) is 0 Å². The van der Waals surface area contributed by atoms with Crippen LogP contribution in [-0.4, -0.2) is 19.0 Å². The van der Waals surface area contributed by atoms with Crippen molar-refractivity contribution in [3.05, 3.63) is 11.1 Å². The number of hydrogen-bond acceptors (Lipinski definition) is 2. The third kappa shape index (κ3) is 1.21. The van der Waals surface area contributed by atoms with E-state index in [-0.39, 0.29) is 5.79 Å². The SMILES string of the molecule is CC(=C1CC1)C1(C)OCCO1. The Morgan fingerprint density at radius 3 is 2.27 bits per heavy atom. The summed E-state index contributed by atoms with van der Waals surface area (Å²) in [7, 11) is 0. The van der Waals surface area contributed by atoms with E-state index in [1.807, 2.05) is 6.92 Å². The molecule has 2 nitrogen and oxygen atoms in total. The summed E-state index contributed by atoms with van der Waals surface area (Å²) in [5.41, 5.74) is 2.82. The lowest BCUT2D eigenvalue weighted by atomic mass is 10.1. The van der Waals surface area contributed by atoms with Gasteiger partial charge in [-0.25, -0.2) is 0 Å². The Morgan fingerprint density at radius 1 is 1.27 bits per heavy atom. The Hall–Kier alpha value is -0.340. The second kappa shape index (κ2) is 2.32. The van der Waals surface area contributed by atoms with Crippen LogP contribution in [0.5, 0.6) is 0 Å². The molecule has 0 N–H and O–H groups in total. The van der Waals surface area contributed by atoms with Crippen LogP contribution in [0.25, 0.3) is 0 Å². The van der Waals surface area contributed by atoms with Gasteiger partial charge in [-0.1, -0.05) is 5.57 Å². The number of ether oxygens (including phenoxy) is 2. The molecular weight excluding hydrogens is 140 g/mol. The summed E-state index contributed by atoms with van der Waals surface area (Å²) in [5, 5.41) is 0. The Bertz CT molecular complexity index is 194. The van der Waals surface area contributed by atoms with Gasteiger partial charge in [0.2, 0.25) is 0 Å². The maximum atomic E-state index is 5.52. The summed E-state index contributed by atoms with van der Waals surface area (Å²) in [6.45, 7) is 5.61. The van der Waals surface area contributed by atoms with Gasteiger partial charge < -0.3 is 9.47 Å². The van der Waals surface area contributed by atoms with Gasteiger partial charge in [-0.2, -0.15) is 0 Å². The minimum Gasteiger partial charge on any atom is -0.344 e. The minimum atomic E-state index is -0.383. The van der Waals surface area contributed by atoms with Gasteiger partial charge in [0.25, 0.3) is 0 Å². The zero-order valence-electron chi connectivity index (χ0n) is 7.14. The quantitative estimate of drug-likeness (QED) is 0.537. The monoisotopic (exact) mass is 154 g/mol. The van der Waals surface area contributed by atoms with Crippen molar-refractivity contribution in [1.29, 1.82) is 0 Å². The smallest absolute Gasteiger partial charge is 0.188 e. The zero-order chi connectivity index (χ0) is 7.90. The van der Waals surface area contributed by atoms with Crippen molar-refractivity contribution in [2.24, 2.45) is 0 Å². The molecule has 1 heterocycles. The summed E-state index contributed by atoms with van der Waals surface area (Å²) in [4.78, 5) is 0. The number of allylic oxidation sites excluding steroid dienone is 1. The van der Waals surface area contributed by atoms with Crippen LogP contribution >= 0.6 is 0 Å². The van der Waals surface area contributed by atoms with Crippen molar-refractivity contribution in [2.45, 2.75) is 32.5 Å². The normalized spacial score (nSPS) is 27.3. The fourth-order valence-corrected chi connectivity index (χ4v) is 1.49. The largest absolute Gasteiger partial charge is 0.344 e. The zero-order valence-corrected chi connectivity index (χ0v) is 7.14. The molecule has 0 aromatic heterocycles. The van der Waals surface area contributed by atoms with E-state index in [0.717, 1.165) is 13.2 Å². The lowest BCUT2D eigenvalue weighted by molar-refractivity contribution is -0.110. The fraction of sp³-hybridized carbons (Fsp3) is 0.778. The van der Waals surface area contributed by atoms with Gasteiger partial charge in [0, 0.05) is 0 Å². The molecule has 1 saturated heterocycles. The first-order valence-corrected chi connectivity index (χ1v) is 4.19. The van der Waals surface area contributed by atoms with Gasteiger partial charge in [-0.05, 0) is 32.3 Å². The van der Waals surface area contributed by atoms with Crippen molar-refractivity contribution < 1.29 is 9.47 Å². The predicted octanol–water partition coefficient (Wildman–Crippen LogP) is 1.86. The molecule has 0 amide bonds. The molecule has 0 aromatic rings. The molecule has 2 aliphatic rings. The molecule has 62 valence electrons. The highest BCUT2D eigenvalue weighted by Crippen LogP contribution is 2.39. The third-order valence-corrected chi connectivity index (χ3v) is 2.55. The lowest BCUT2D eigenvalue weighted by Gasteiger charge is -2.23. The van der Waals surface area contributed by atoms with Crippen LogP contribution in [0.4, 0.5) is 0 Å². The second-order valence-corrected chi connectivity index (χ2v) is 3.37. The van der Waals surface area contributed by atoms with E-state index in [2.05, 4.69) is 6.92 Å². The fourth-order valence-electron chi connectivity index (χ4n) is 1.49. The van der Waals surface area contributed by atoms with Crippen molar-refractivity contribution >= 4 is 0 Å². The molecule has 0 unspecified atom stereocenters. The molecule has 2 fully saturated rings. The molecule has 1 aliphatic carbocycles. The third-order valence-electron chi connectivity index (χ3n) is 2.55. The molecule has 0 atom stereocenters. The molecular formula is C9H14O2. The first-order chi connectivity index (χ1) is 5.22. The highest BCUT2D eigenvalue weighted by Gasteiger charge is 2.36. The van der Waals surface area contributed by atoms with Gasteiger partial charge in [0.05, 0.1) is 13.2 Å². The topological polar surface area (TPSA) is 18.5 Å². The standard InChI is InChI=1S/C9H14O2/c1-7(8-3-4-8)9(2)10-5-6-11-9/h3-6H2,1-2H3. The molecule has 0 spiro atoms. The van der Waals surface area contributed by atoms with E-state index in [4.69, 9.17) is 9.47 Å². The molecule has 1 saturated carbocycles. The predicted molar refractivity (Wildman–Crippen MR) is 42.2 cm³/mol. The van der Waals surface area contributed by atoms with Gasteiger partial charge in [-0.15, -0.1) is 0 Å². The van der Waals surface area contributed by atoms with Crippen LogP contribution in [0.2, 0.25) is 0 Å². The van der Waals surface area contributed by atoms with E-state index >= 15 is 0 Å². The molecule has 2 heteroatoms. The van der Waals surface area contributed by atoms with Crippen LogP contribution in [-0.2, 0) is 9.47 Å². The molecule has 2 rings (SSSR count). The number of rotatable bonds is 1. The average molecular weight is 154 g/mol.